The smallest absolute Gasteiger partial charge is 0.447 e. The van der Waals surface area contributed by atoms with Gasteiger partial charge in [-0.05, 0) is 31.4 Å². The molecule has 16 heavy (non-hydrogen) atoms. The van der Waals surface area contributed by atoms with Crippen molar-refractivity contribution in [1.82, 2.24) is 0 Å². The van der Waals surface area contributed by atoms with Crippen LogP contribution in [0.1, 0.15) is 13.8 Å². The summed E-state index contributed by atoms with van der Waals surface area (Å²) in [7, 11) is -1.55. The number of hydrogen-bond acceptors (Lipinski definition) is 4. The maximum absolute atomic E-state index is 11.2. The van der Waals surface area contributed by atoms with Gasteiger partial charge in [-0.3, -0.25) is 5.32 Å². The van der Waals surface area contributed by atoms with Gasteiger partial charge in [-0.2, -0.15) is 0 Å². The Hall–Kier alpha value is -1.53. The highest BCUT2D eigenvalue weighted by atomic mass is 16.6. The van der Waals surface area contributed by atoms with Crippen molar-refractivity contribution in [2.45, 2.75) is 20.0 Å². The molecule has 0 heterocycles. The van der Waals surface area contributed by atoms with Crippen LogP contribution in [0.4, 0.5) is 10.5 Å². The molecule has 1 aromatic rings. The summed E-state index contributed by atoms with van der Waals surface area (Å²) in [6.07, 6.45) is -0.772. The summed E-state index contributed by atoms with van der Waals surface area (Å²) < 4.78 is 4.88. The summed E-state index contributed by atoms with van der Waals surface area (Å²) in [5.41, 5.74) is 0.763. The van der Waals surface area contributed by atoms with Gasteiger partial charge in [-0.1, -0.05) is 12.1 Å². The predicted molar refractivity (Wildman–Crippen MR) is 61.5 cm³/mol. The van der Waals surface area contributed by atoms with Gasteiger partial charge in [0.2, 0.25) is 0 Å². The Morgan fingerprint density at radius 1 is 1.44 bits per heavy atom. The molecule has 0 aliphatic heterocycles. The summed E-state index contributed by atoms with van der Waals surface area (Å²) in [5, 5.41) is 20.4. The van der Waals surface area contributed by atoms with Crippen molar-refractivity contribution in [1.29, 1.82) is 0 Å². The summed E-state index contributed by atoms with van der Waals surface area (Å²) >= 11 is 0. The maximum Gasteiger partial charge on any atom is 0.488 e. The third-order valence-electron chi connectivity index (χ3n) is 1.77. The van der Waals surface area contributed by atoms with Crippen LogP contribution in [0.5, 0.6) is 0 Å². The molecule has 86 valence electrons. The lowest BCUT2D eigenvalue weighted by atomic mass is 9.80. The molecule has 0 saturated carbocycles. The number of rotatable bonds is 3. The number of ether oxygens (including phenoxy) is 1. The van der Waals surface area contributed by atoms with Crippen molar-refractivity contribution in [3.05, 3.63) is 24.3 Å². The van der Waals surface area contributed by atoms with E-state index in [2.05, 4.69) is 5.32 Å². The fourth-order valence-corrected chi connectivity index (χ4v) is 1.14. The van der Waals surface area contributed by atoms with Gasteiger partial charge in [0.05, 0.1) is 6.10 Å². The van der Waals surface area contributed by atoms with Crippen LogP contribution in [-0.4, -0.2) is 29.4 Å². The molecule has 1 aromatic carbocycles. The number of carbonyl (C=O) groups excluding carboxylic acids is 1. The van der Waals surface area contributed by atoms with Crippen LogP contribution in [0, 0.1) is 0 Å². The van der Waals surface area contributed by atoms with Crippen LogP contribution < -0.4 is 10.8 Å². The topological polar surface area (TPSA) is 78.8 Å². The van der Waals surface area contributed by atoms with Gasteiger partial charge in [0.25, 0.3) is 0 Å². The van der Waals surface area contributed by atoms with E-state index in [0.29, 0.717) is 11.2 Å². The number of anilines is 1. The van der Waals surface area contributed by atoms with E-state index in [4.69, 9.17) is 14.8 Å². The van der Waals surface area contributed by atoms with Crippen LogP contribution in [0.2, 0.25) is 0 Å². The zero-order chi connectivity index (χ0) is 12.1. The standard InChI is InChI=1S/C10H14BNO4/c1-7(2)16-10(13)12-9-5-3-4-8(6-9)11(14)15/h3-7,14-15H,1-2H3,(H,12,13). The molecule has 0 unspecified atom stereocenters. The SMILES string of the molecule is CC(C)OC(=O)Nc1cccc(B(O)O)c1. The van der Waals surface area contributed by atoms with E-state index in [1.807, 2.05) is 0 Å². The minimum absolute atomic E-state index is 0.202. The quantitative estimate of drug-likeness (QED) is 0.645. The normalized spacial score (nSPS) is 10.1. The number of amides is 1. The van der Waals surface area contributed by atoms with Crippen molar-refractivity contribution >= 4 is 24.4 Å². The van der Waals surface area contributed by atoms with Crippen LogP contribution in [0.25, 0.3) is 0 Å². The first-order chi connectivity index (χ1) is 7.49. The van der Waals surface area contributed by atoms with Crippen LogP contribution in [-0.2, 0) is 4.74 Å². The van der Waals surface area contributed by atoms with Crippen LogP contribution in [0.15, 0.2) is 24.3 Å². The molecule has 0 spiro atoms. The van der Waals surface area contributed by atoms with E-state index in [0.717, 1.165) is 0 Å². The summed E-state index contributed by atoms with van der Waals surface area (Å²) in [6.45, 7) is 3.49. The predicted octanol–water partition coefficient (Wildman–Crippen LogP) is 0.323. The molecule has 6 heteroatoms. The maximum atomic E-state index is 11.2. The van der Waals surface area contributed by atoms with Gasteiger partial charge in [-0.25, -0.2) is 4.79 Å². The molecule has 0 radical (unpaired) electrons. The lowest BCUT2D eigenvalue weighted by Gasteiger charge is -2.10. The Balaban J connectivity index is 2.67. The number of hydrogen-bond donors (Lipinski definition) is 3. The van der Waals surface area contributed by atoms with E-state index < -0.39 is 13.2 Å². The average molecular weight is 223 g/mol. The second-order valence-corrected chi connectivity index (χ2v) is 3.58. The first kappa shape index (κ1) is 12.5. The van der Waals surface area contributed by atoms with Gasteiger partial charge >= 0.3 is 13.2 Å². The monoisotopic (exact) mass is 223 g/mol. The van der Waals surface area contributed by atoms with Crippen molar-refractivity contribution in [3.63, 3.8) is 0 Å². The van der Waals surface area contributed by atoms with Gasteiger partial charge in [0, 0.05) is 5.69 Å². The van der Waals surface area contributed by atoms with Crippen molar-refractivity contribution in [3.8, 4) is 0 Å². The van der Waals surface area contributed by atoms with Gasteiger partial charge in [0.15, 0.2) is 0 Å². The molecular formula is C10H14BNO4. The fraction of sp³-hybridized carbons (Fsp3) is 0.300. The third-order valence-corrected chi connectivity index (χ3v) is 1.77. The lowest BCUT2D eigenvalue weighted by Crippen LogP contribution is -2.30. The second-order valence-electron chi connectivity index (χ2n) is 3.58. The molecule has 0 bridgehead atoms. The lowest BCUT2D eigenvalue weighted by molar-refractivity contribution is 0.130. The van der Waals surface area contributed by atoms with E-state index in [-0.39, 0.29) is 6.10 Å². The van der Waals surface area contributed by atoms with Crippen LogP contribution >= 0.6 is 0 Å². The first-order valence-corrected chi connectivity index (χ1v) is 4.93. The minimum atomic E-state index is -1.55. The minimum Gasteiger partial charge on any atom is -0.447 e. The van der Waals surface area contributed by atoms with Crippen molar-refractivity contribution < 1.29 is 19.6 Å². The zero-order valence-electron chi connectivity index (χ0n) is 9.18. The fourth-order valence-electron chi connectivity index (χ4n) is 1.14. The average Bonchev–Trinajstić information content (AvgIpc) is 2.16. The van der Waals surface area contributed by atoms with Gasteiger partial charge in [-0.15, -0.1) is 0 Å². The van der Waals surface area contributed by atoms with E-state index >= 15 is 0 Å². The molecular weight excluding hydrogens is 209 g/mol. The highest BCUT2D eigenvalue weighted by Crippen LogP contribution is 2.05. The van der Waals surface area contributed by atoms with E-state index in [1.54, 1.807) is 32.0 Å². The molecule has 1 rings (SSSR count). The molecule has 0 saturated heterocycles. The van der Waals surface area contributed by atoms with Gasteiger partial charge in [0.1, 0.15) is 0 Å². The van der Waals surface area contributed by atoms with Crippen molar-refractivity contribution in [2.75, 3.05) is 5.32 Å². The van der Waals surface area contributed by atoms with Gasteiger partial charge < -0.3 is 14.8 Å². The highest BCUT2D eigenvalue weighted by Gasteiger charge is 2.12. The Morgan fingerprint density at radius 3 is 2.69 bits per heavy atom. The second kappa shape index (κ2) is 5.53. The molecule has 0 aromatic heterocycles. The molecule has 0 aliphatic rings. The third kappa shape index (κ3) is 3.92. The van der Waals surface area contributed by atoms with E-state index in [1.165, 1.54) is 6.07 Å². The number of nitrogens with one attached hydrogen (secondary N) is 1. The number of carbonyl (C=O) groups is 1. The Labute approximate surface area is 94.2 Å². The summed E-state index contributed by atoms with van der Waals surface area (Å²) in [6, 6.07) is 6.25. The molecule has 1 amide bonds. The molecule has 0 aliphatic carbocycles. The zero-order valence-corrected chi connectivity index (χ0v) is 9.18. The molecule has 5 nitrogen and oxygen atoms in total. The Morgan fingerprint density at radius 2 is 2.12 bits per heavy atom. The first-order valence-electron chi connectivity index (χ1n) is 4.93. The largest absolute Gasteiger partial charge is 0.488 e. The molecule has 3 N–H and O–H groups in total. The highest BCUT2D eigenvalue weighted by molar-refractivity contribution is 6.58. The summed E-state index contributed by atoms with van der Waals surface area (Å²) in [4.78, 5) is 11.2. The van der Waals surface area contributed by atoms with E-state index in [9.17, 15) is 4.79 Å². The molecule has 0 fully saturated rings. The number of benzene rings is 1. The Kier molecular flexibility index (Phi) is 4.33. The van der Waals surface area contributed by atoms with Crippen molar-refractivity contribution in [2.24, 2.45) is 0 Å². The molecule has 0 atom stereocenters. The Bertz CT molecular complexity index is 368. The summed E-state index contributed by atoms with van der Waals surface area (Å²) in [5.74, 6) is 0. The van der Waals surface area contributed by atoms with Crippen LogP contribution in [0.3, 0.4) is 0 Å².